The molecule has 0 bridgehead atoms. The van der Waals surface area contributed by atoms with Crippen LogP contribution in [0.3, 0.4) is 0 Å². The van der Waals surface area contributed by atoms with Crippen LogP contribution < -0.4 is 9.47 Å². The molecule has 0 aliphatic carbocycles. The molecule has 0 atom stereocenters. The summed E-state index contributed by atoms with van der Waals surface area (Å²) in [6, 6.07) is 3.48. The highest BCUT2D eigenvalue weighted by molar-refractivity contribution is 14.1. The molecule has 0 N–H and O–H groups in total. The van der Waals surface area contributed by atoms with E-state index in [9.17, 15) is 9.59 Å². The van der Waals surface area contributed by atoms with E-state index < -0.39 is 5.60 Å². The van der Waals surface area contributed by atoms with Crippen LogP contribution in [0, 0.1) is 3.57 Å². The highest BCUT2D eigenvalue weighted by atomic mass is 127. The summed E-state index contributed by atoms with van der Waals surface area (Å²) in [5.41, 5.74) is 0.0359. The number of hydrogen-bond donors (Lipinski definition) is 0. The Bertz CT molecular complexity index is 679. The SMILES string of the molecule is COc1cc(I)c(C(=O)N2CCN(C(=O)OC(C)(C)C)CC2)cc1OC. The quantitative estimate of drug-likeness (QED) is 0.628. The predicted molar refractivity (Wildman–Crippen MR) is 106 cm³/mol. The van der Waals surface area contributed by atoms with Gasteiger partial charge in [-0.2, -0.15) is 0 Å². The average Bonchev–Trinajstić information content (AvgIpc) is 2.59. The van der Waals surface area contributed by atoms with E-state index in [0.717, 1.165) is 3.57 Å². The van der Waals surface area contributed by atoms with Crippen LogP contribution in [0.4, 0.5) is 4.79 Å². The van der Waals surface area contributed by atoms with E-state index in [4.69, 9.17) is 14.2 Å². The lowest BCUT2D eigenvalue weighted by atomic mass is 10.1. The summed E-state index contributed by atoms with van der Waals surface area (Å²) in [4.78, 5) is 28.4. The fourth-order valence-electron chi connectivity index (χ4n) is 2.61. The molecule has 0 aromatic heterocycles. The van der Waals surface area contributed by atoms with Crippen LogP contribution in [0.25, 0.3) is 0 Å². The predicted octanol–water partition coefficient (Wildman–Crippen LogP) is 3.00. The second-order valence-corrected chi connectivity index (χ2v) is 8.11. The number of hydrogen-bond acceptors (Lipinski definition) is 5. The summed E-state index contributed by atoms with van der Waals surface area (Å²) < 4.78 is 16.7. The van der Waals surface area contributed by atoms with Crippen molar-refractivity contribution in [2.45, 2.75) is 26.4 Å². The van der Waals surface area contributed by atoms with E-state index in [-0.39, 0.29) is 12.0 Å². The van der Waals surface area contributed by atoms with Gasteiger partial charge in [-0.1, -0.05) is 0 Å². The highest BCUT2D eigenvalue weighted by Crippen LogP contribution is 2.32. The molecule has 2 amide bonds. The van der Waals surface area contributed by atoms with Gasteiger partial charge in [0.2, 0.25) is 0 Å². The van der Waals surface area contributed by atoms with Crippen molar-refractivity contribution in [1.82, 2.24) is 9.80 Å². The molecule has 1 fully saturated rings. The molecular weight excluding hydrogens is 451 g/mol. The van der Waals surface area contributed by atoms with Crippen LogP contribution >= 0.6 is 22.6 Å². The van der Waals surface area contributed by atoms with E-state index in [0.29, 0.717) is 43.2 Å². The zero-order chi connectivity index (χ0) is 19.5. The van der Waals surface area contributed by atoms with Gasteiger partial charge in [-0.25, -0.2) is 4.79 Å². The Morgan fingerprint density at radius 1 is 0.962 bits per heavy atom. The van der Waals surface area contributed by atoms with Crippen molar-refractivity contribution in [3.05, 3.63) is 21.3 Å². The van der Waals surface area contributed by atoms with Gasteiger partial charge in [-0.05, 0) is 55.5 Å². The number of ether oxygens (including phenoxy) is 3. The van der Waals surface area contributed by atoms with Crippen molar-refractivity contribution in [2.75, 3.05) is 40.4 Å². The maximum absolute atomic E-state index is 12.9. The number of halogens is 1. The van der Waals surface area contributed by atoms with Crippen LogP contribution in [0.5, 0.6) is 11.5 Å². The molecule has 0 spiro atoms. The van der Waals surface area contributed by atoms with Crippen molar-refractivity contribution < 1.29 is 23.8 Å². The molecule has 26 heavy (non-hydrogen) atoms. The molecule has 1 aliphatic rings. The van der Waals surface area contributed by atoms with E-state index in [1.165, 1.54) is 0 Å². The smallest absolute Gasteiger partial charge is 0.410 e. The molecular formula is C18H25IN2O5. The largest absolute Gasteiger partial charge is 0.493 e. The summed E-state index contributed by atoms with van der Waals surface area (Å²) in [6.07, 6.45) is -0.342. The number of rotatable bonds is 3. The standard InChI is InChI=1S/C18H25IN2O5/c1-18(2,3)26-17(23)21-8-6-20(7-9-21)16(22)12-10-14(24-4)15(25-5)11-13(12)19/h10-11H,6-9H2,1-5H3. The van der Waals surface area contributed by atoms with Crippen molar-refractivity contribution in [3.8, 4) is 11.5 Å². The first-order valence-corrected chi connectivity index (χ1v) is 9.43. The number of carbonyl (C=O) groups excluding carboxylic acids is 2. The van der Waals surface area contributed by atoms with Gasteiger partial charge < -0.3 is 24.0 Å². The molecule has 1 aromatic rings. The Hall–Kier alpha value is -1.71. The maximum atomic E-state index is 12.9. The fourth-order valence-corrected chi connectivity index (χ4v) is 3.28. The van der Waals surface area contributed by atoms with Gasteiger partial charge in [0.15, 0.2) is 11.5 Å². The molecule has 7 nitrogen and oxygen atoms in total. The Morgan fingerprint density at radius 3 is 1.96 bits per heavy atom. The van der Waals surface area contributed by atoms with Crippen molar-refractivity contribution in [3.63, 3.8) is 0 Å². The van der Waals surface area contributed by atoms with E-state index in [1.54, 1.807) is 36.2 Å². The zero-order valence-corrected chi connectivity index (χ0v) is 18.0. The van der Waals surface area contributed by atoms with Crippen molar-refractivity contribution in [2.24, 2.45) is 0 Å². The Kier molecular flexibility index (Phi) is 6.59. The van der Waals surface area contributed by atoms with Crippen molar-refractivity contribution >= 4 is 34.6 Å². The van der Waals surface area contributed by atoms with Crippen LogP contribution in [0.2, 0.25) is 0 Å². The molecule has 1 saturated heterocycles. The molecule has 8 heteroatoms. The van der Waals surface area contributed by atoms with Gasteiger partial charge in [0.1, 0.15) is 5.60 Å². The number of benzene rings is 1. The third-order valence-electron chi connectivity index (χ3n) is 3.92. The monoisotopic (exact) mass is 476 g/mol. The highest BCUT2D eigenvalue weighted by Gasteiger charge is 2.29. The van der Waals surface area contributed by atoms with E-state index >= 15 is 0 Å². The first-order valence-electron chi connectivity index (χ1n) is 8.35. The van der Waals surface area contributed by atoms with Gasteiger partial charge in [0, 0.05) is 29.7 Å². The van der Waals surface area contributed by atoms with E-state index in [1.807, 2.05) is 20.8 Å². The molecule has 2 rings (SSSR count). The zero-order valence-electron chi connectivity index (χ0n) is 15.8. The van der Waals surface area contributed by atoms with Crippen LogP contribution in [-0.4, -0.2) is 67.8 Å². The van der Waals surface area contributed by atoms with Gasteiger partial charge in [-0.3, -0.25) is 4.79 Å². The molecule has 0 unspecified atom stereocenters. The summed E-state index contributed by atoms with van der Waals surface area (Å²) in [7, 11) is 3.10. The molecule has 1 aromatic carbocycles. The van der Waals surface area contributed by atoms with Crippen LogP contribution in [0.15, 0.2) is 12.1 Å². The van der Waals surface area contributed by atoms with Crippen LogP contribution in [0.1, 0.15) is 31.1 Å². The second kappa shape index (κ2) is 8.32. The summed E-state index contributed by atoms with van der Waals surface area (Å²) in [5.74, 6) is 1.02. The average molecular weight is 476 g/mol. The third kappa shape index (κ3) is 4.93. The molecule has 1 heterocycles. The second-order valence-electron chi connectivity index (χ2n) is 6.95. The minimum Gasteiger partial charge on any atom is -0.493 e. The summed E-state index contributed by atoms with van der Waals surface area (Å²) >= 11 is 2.12. The lowest BCUT2D eigenvalue weighted by Crippen LogP contribution is -2.51. The maximum Gasteiger partial charge on any atom is 0.410 e. The summed E-state index contributed by atoms with van der Waals surface area (Å²) in [5, 5.41) is 0. The number of nitrogens with zero attached hydrogens (tertiary/aromatic N) is 2. The topological polar surface area (TPSA) is 68.3 Å². The molecule has 144 valence electrons. The van der Waals surface area contributed by atoms with Gasteiger partial charge in [-0.15, -0.1) is 0 Å². The Labute approximate surface area is 167 Å². The Balaban J connectivity index is 2.06. The normalized spacial score (nSPS) is 14.8. The lowest BCUT2D eigenvalue weighted by molar-refractivity contribution is 0.0140. The third-order valence-corrected chi connectivity index (χ3v) is 4.81. The molecule has 0 radical (unpaired) electrons. The number of amides is 2. The summed E-state index contributed by atoms with van der Waals surface area (Å²) in [6.45, 7) is 7.33. The lowest BCUT2D eigenvalue weighted by Gasteiger charge is -2.35. The first-order chi connectivity index (χ1) is 12.2. The van der Waals surface area contributed by atoms with E-state index in [2.05, 4.69) is 22.6 Å². The van der Waals surface area contributed by atoms with Crippen LogP contribution in [-0.2, 0) is 4.74 Å². The van der Waals surface area contributed by atoms with Crippen molar-refractivity contribution in [1.29, 1.82) is 0 Å². The van der Waals surface area contributed by atoms with Gasteiger partial charge in [0.05, 0.1) is 19.8 Å². The fraction of sp³-hybridized carbons (Fsp3) is 0.556. The number of carbonyl (C=O) groups is 2. The van der Waals surface area contributed by atoms with Gasteiger partial charge >= 0.3 is 6.09 Å². The molecule has 0 saturated carbocycles. The first kappa shape index (κ1) is 20.6. The number of piperazine rings is 1. The minimum absolute atomic E-state index is 0.0841. The molecule has 1 aliphatic heterocycles. The van der Waals surface area contributed by atoms with Gasteiger partial charge in [0.25, 0.3) is 5.91 Å². The number of methoxy groups -OCH3 is 2. The Morgan fingerprint density at radius 2 is 1.46 bits per heavy atom. The minimum atomic E-state index is -0.528.